The molecule has 0 unspecified atom stereocenters. The zero-order chi connectivity index (χ0) is 22.9. The summed E-state index contributed by atoms with van der Waals surface area (Å²) in [6.45, 7) is 7.43. The molecule has 1 aliphatic heterocycles. The first-order valence-electron chi connectivity index (χ1n) is 11.2. The van der Waals surface area contributed by atoms with E-state index in [1.807, 2.05) is 18.2 Å². The molecule has 2 aromatic carbocycles. The highest BCUT2D eigenvalue weighted by atomic mass is 16.5. The lowest BCUT2D eigenvalue weighted by Gasteiger charge is -2.33. The fourth-order valence-corrected chi connectivity index (χ4v) is 4.35. The van der Waals surface area contributed by atoms with Crippen LogP contribution in [0.4, 0.5) is 0 Å². The summed E-state index contributed by atoms with van der Waals surface area (Å²) in [6.07, 6.45) is 3.13. The van der Waals surface area contributed by atoms with E-state index < -0.39 is 11.6 Å². The van der Waals surface area contributed by atoms with Crippen LogP contribution in [0.3, 0.4) is 0 Å². The Hall–Kier alpha value is -2.57. The van der Waals surface area contributed by atoms with Crippen LogP contribution in [0, 0.1) is 20.8 Å². The van der Waals surface area contributed by atoms with Crippen LogP contribution in [-0.2, 0) is 20.9 Å². The molecule has 0 aromatic heterocycles. The van der Waals surface area contributed by atoms with Crippen molar-refractivity contribution in [2.24, 2.45) is 0 Å². The maximum absolute atomic E-state index is 12.0. The molecule has 1 heterocycles. The van der Waals surface area contributed by atoms with Gasteiger partial charge in [0.1, 0.15) is 11.5 Å². The molecule has 0 radical (unpaired) electrons. The number of aryl methyl sites for hydroxylation is 1. The average Bonchev–Trinajstić information content (AvgIpc) is 3.61. The van der Waals surface area contributed by atoms with E-state index in [9.17, 15) is 9.90 Å². The van der Waals surface area contributed by atoms with E-state index in [1.54, 1.807) is 7.11 Å². The molecule has 172 valence electrons. The minimum Gasteiger partial charge on any atom is -0.496 e. The van der Waals surface area contributed by atoms with Crippen LogP contribution in [0.15, 0.2) is 24.3 Å². The summed E-state index contributed by atoms with van der Waals surface area (Å²) in [5.74, 6) is 0.484. The van der Waals surface area contributed by atoms with Crippen LogP contribution in [-0.4, -0.2) is 43.1 Å². The number of hydrogen-bond acceptors (Lipinski definition) is 5. The van der Waals surface area contributed by atoms with Gasteiger partial charge in [-0.05, 0) is 79.1 Å². The number of rotatable bonds is 8. The third-order valence-corrected chi connectivity index (χ3v) is 6.61. The molecule has 1 aliphatic carbocycles. The van der Waals surface area contributed by atoms with E-state index in [0.717, 1.165) is 52.0 Å². The van der Waals surface area contributed by atoms with Gasteiger partial charge in [-0.2, -0.15) is 0 Å². The lowest BCUT2D eigenvalue weighted by molar-refractivity contribution is -0.163. The van der Waals surface area contributed by atoms with E-state index in [1.165, 1.54) is 0 Å². The molecular formula is C26H32O6. The fraction of sp³-hybridized carbons (Fsp3) is 0.500. The highest BCUT2D eigenvalue weighted by Gasteiger charge is 2.43. The van der Waals surface area contributed by atoms with Crippen LogP contribution in [0.25, 0.3) is 11.1 Å². The summed E-state index contributed by atoms with van der Waals surface area (Å²) in [6, 6.07) is 7.98. The predicted octanol–water partition coefficient (Wildman–Crippen LogP) is 4.98. The largest absolute Gasteiger partial charge is 0.496 e. The topological polar surface area (TPSA) is 74.2 Å². The second kappa shape index (κ2) is 9.12. The number of carboxylic acid groups (broad SMARTS) is 1. The standard InChI is InChI=1S/C26H32O6/c1-16-13-23(18(3)24(29-4)17(16)2)22-8-7-21(14-19(22)15-31-20-5-6-20)32-26(25(27)28)9-11-30-12-10-26/h7-8,13-14,20H,5-6,9-12,15H2,1-4H3,(H,27,28). The van der Waals surface area contributed by atoms with Crippen molar-refractivity contribution in [2.45, 2.75) is 64.8 Å². The van der Waals surface area contributed by atoms with E-state index in [0.29, 0.717) is 44.5 Å². The number of carboxylic acids is 1. The second-order valence-corrected chi connectivity index (χ2v) is 8.87. The summed E-state index contributed by atoms with van der Waals surface area (Å²) in [7, 11) is 1.70. The molecule has 2 aromatic rings. The Morgan fingerprint density at radius 3 is 2.44 bits per heavy atom. The van der Waals surface area contributed by atoms with E-state index in [4.69, 9.17) is 18.9 Å². The molecule has 4 rings (SSSR count). The first kappa shape index (κ1) is 22.6. The molecule has 0 bridgehead atoms. The zero-order valence-electron chi connectivity index (χ0n) is 19.3. The fourth-order valence-electron chi connectivity index (χ4n) is 4.35. The molecule has 6 nitrogen and oxygen atoms in total. The molecule has 1 saturated heterocycles. The predicted molar refractivity (Wildman–Crippen MR) is 121 cm³/mol. The van der Waals surface area contributed by atoms with Gasteiger partial charge < -0.3 is 24.1 Å². The normalized spacial score (nSPS) is 17.8. The Labute approximate surface area is 189 Å². The van der Waals surface area contributed by atoms with Crippen molar-refractivity contribution in [3.8, 4) is 22.6 Å². The van der Waals surface area contributed by atoms with E-state index in [2.05, 4.69) is 26.8 Å². The summed E-state index contributed by atoms with van der Waals surface area (Å²) in [5, 5.41) is 9.87. The molecular weight excluding hydrogens is 408 g/mol. The van der Waals surface area contributed by atoms with Crippen molar-refractivity contribution >= 4 is 5.97 Å². The summed E-state index contributed by atoms with van der Waals surface area (Å²) in [4.78, 5) is 12.0. The van der Waals surface area contributed by atoms with Crippen LogP contribution < -0.4 is 9.47 Å². The Bertz CT molecular complexity index is 1000. The van der Waals surface area contributed by atoms with Gasteiger partial charge in [-0.15, -0.1) is 0 Å². The van der Waals surface area contributed by atoms with Gasteiger partial charge in [0.25, 0.3) is 0 Å². The molecule has 2 aliphatic rings. The van der Waals surface area contributed by atoms with Crippen molar-refractivity contribution in [3.05, 3.63) is 46.5 Å². The van der Waals surface area contributed by atoms with E-state index in [-0.39, 0.29) is 0 Å². The summed E-state index contributed by atoms with van der Waals surface area (Å²) >= 11 is 0. The smallest absolute Gasteiger partial charge is 0.348 e. The van der Waals surface area contributed by atoms with Crippen molar-refractivity contribution in [2.75, 3.05) is 20.3 Å². The quantitative estimate of drug-likeness (QED) is 0.624. The summed E-state index contributed by atoms with van der Waals surface area (Å²) < 4.78 is 23.2. The van der Waals surface area contributed by atoms with Gasteiger partial charge in [-0.25, -0.2) is 4.79 Å². The van der Waals surface area contributed by atoms with Crippen molar-refractivity contribution < 1.29 is 28.8 Å². The average molecular weight is 441 g/mol. The molecule has 32 heavy (non-hydrogen) atoms. The Kier molecular flexibility index (Phi) is 6.45. The van der Waals surface area contributed by atoms with Gasteiger partial charge in [-0.3, -0.25) is 0 Å². The number of aliphatic carboxylic acids is 1. The molecule has 2 fully saturated rings. The number of methoxy groups -OCH3 is 1. The molecule has 6 heteroatoms. The number of carbonyl (C=O) groups is 1. The lowest BCUT2D eigenvalue weighted by Crippen LogP contribution is -2.49. The first-order chi connectivity index (χ1) is 15.3. The van der Waals surface area contributed by atoms with Crippen molar-refractivity contribution in [1.29, 1.82) is 0 Å². The number of benzene rings is 2. The molecule has 0 spiro atoms. The van der Waals surface area contributed by atoms with Gasteiger partial charge in [0.05, 0.1) is 33.0 Å². The van der Waals surface area contributed by atoms with E-state index >= 15 is 0 Å². The van der Waals surface area contributed by atoms with Gasteiger partial charge in [0, 0.05) is 12.8 Å². The molecule has 0 atom stereocenters. The van der Waals surface area contributed by atoms with Crippen LogP contribution in [0.5, 0.6) is 11.5 Å². The van der Waals surface area contributed by atoms with Crippen LogP contribution in [0.1, 0.15) is 47.9 Å². The van der Waals surface area contributed by atoms with Crippen molar-refractivity contribution in [1.82, 2.24) is 0 Å². The van der Waals surface area contributed by atoms with Gasteiger partial charge in [0.2, 0.25) is 5.60 Å². The Morgan fingerprint density at radius 2 is 1.81 bits per heavy atom. The maximum atomic E-state index is 12.0. The maximum Gasteiger partial charge on any atom is 0.348 e. The van der Waals surface area contributed by atoms with Crippen molar-refractivity contribution in [3.63, 3.8) is 0 Å². The minimum atomic E-state index is -1.26. The molecule has 1 N–H and O–H groups in total. The number of ether oxygens (including phenoxy) is 4. The first-order valence-corrected chi connectivity index (χ1v) is 11.2. The third-order valence-electron chi connectivity index (χ3n) is 6.61. The second-order valence-electron chi connectivity index (χ2n) is 8.87. The highest BCUT2D eigenvalue weighted by Crippen LogP contribution is 2.39. The lowest BCUT2D eigenvalue weighted by atomic mass is 9.91. The molecule has 0 amide bonds. The Morgan fingerprint density at radius 1 is 1.09 bits per heavy atom. The highest BCUT2D eigenvalue weighted by molar-refractivity contribution is 5.79. The zero-order valence-corrected chi connectivity index (χ0v) is 19.3. The SMILES string of the molecule is COc1c(C)c(C)cc(-c2ccc(OC3(C(=O)O)CCOCC3)cc2COC2CC2)c1C. The van der Waals surface area contributed by atoms with Gasteiger partial charge in [-0.1, -0.05) is 12.1 Å². The van der Waals surface area contributed by atoms with Crippen LogP contribution >= 0.6 is 0 Å². The van der Waals surface area contributed by atoms with Crippen LogP contribution in [0.2, 0.25) is 0 Å². The minimum absolute atomic E-state index is 0.309. The van der Waals surface area contributed by atoms with Gasteiger partial charge >= 0.3 is 5.97 Å². The Balaban J connectivity index is 1.74. The monoisotopic (exact) mass is 440 g/mol. The third kappa shape index (κ3) is 4.48. The van der Waals surface area contributed by atoms with Gasteiger partial charge in [0.15, 0.2) is 0 Å². The molecule has 1 saturated carbocycles. The summed E-state index contributed by atoms with van der Waals surface area (Å²) in [5.41, 5.74) is 5.22. The number of hydrogen-bond donors (Lipinski definition) is 1.